The van der Waals surface area contributed by atoms with Crippen LogP contribution in [0.1, 0.15) is 12.5 Å². The lowest BCUT2D eigenvalue weighted by Crippen LogP contribution is -2.42. The number of aromatic nitrogens is 3. The van der Waals surface area contributed by atoms with Gasteiger partial charge in [-0.05, 0) is 24.3 Å². The van der Waals surface area contributed by atoms with Gasteiger partial charge in [-0.1, -0.05) is 6.07 Å². The number of nitrogens with one attached hydrogen (secondary N) is 1. The van der Waals surface area contributed by atoms with Crippen LogP contribution in [0.5, 0.6) is 11.6 Å². The number of ether oxygens (including phenoxy) is 2. The van der Waals surface area contributed by atoms with Gasteiger partial charge in [-0.25, -0.2) is 22.5 Å². The molecule has 2 aromatic carbocycles. The van der Waals surface area contributed by atoms with Gasteiger partial charge in [0.25, 0.3) is 5.88 Å². The van der Waals surface area contributed by atoms with Crippen LogP contribution in [0.15, 0.2) is 39.9 Å². The third-order valence-electron chi connectivity index (χ3n) is 4.38. The zero-order valence-corrected chi connectivity index (χ0v) is 17.1. The SMILES string of the molecule is COc1c(F)ccc(Cn2c(=O)c(OC)nn(-c3cc(NC(C)=O)ccc3F)c2=O)c1F. The molecule has 0 aliphatic carbocycles. The minimum Gasteiger partial charge on any atom is -0.491 e. The molecular formula is C20H17F3N4O5. The highest BCUT2D eigenvalue weighted by molar-refractivity contribution is 5.88. The van der Waals surface area contributed by atoms with Gasteiger partial charge in [-0.15, -0.1) is 5.10 Å². The number of halogens is 3. The van der Waals surface area contributed by atoms with Crippen molar-refractivity contribution in [3.63, 3.8) is 0 Å². The number of methoxy groups -OCH3 is 2. The van der Waals surface area contributed by atoms with Crippen molar-refractivity contribution in [2.24, 2.45) is 0 Å². The van der Waals surface area contributed by atoms with Crippen molar-refractivity contribution in [3.05, 3.63) is 74.2 Å². The van der Waals surface area contributed by atoms with Gasteiger partial charge in [-0.3, -0.25) is 9.59 Å². The first-order chi connectivity index (χ1) is 15.2. The van der Waals surface area contributed by atoms with E-state index in [9.17, 15) is 27.6 Å². The Labute approximate surface area is 178 Å². The molecule has 0 fully saturated rings. The second-order valence-electron chi connectivity index (χ2n) is 6.50. The second kappa shape index (κ2) is 8.96. The highest BCUT2D eigenvalue weighted by atomic mass is 19.1. The molecule has 0 saturated heterocycles. The molecule has 0 spiro atoms. The molecule has 0 radical (unpaired) electrons. The van der Waals surface area contributed by atoms with Gasteiger partial charge < -0.3 is 14.8 Å². The molecule has 32 heavy (non-hydrogen) atoms. The molecule has 0 unspecified atom stereocenters. The van der Waals surface area contributed by atoms with Crippen LogP contribution < -0.4 is 26.0 Å². The van der Waals surface area contributed by atoms with E-state index in [1.54, 1.807) is 0 Å². The van der Waals surface area contributed by atoms with E-state index in [0.717, 1.165) is 38.5 Å². The topological polar surface area (TPSA) is 104 Å². The predicted molar refractivity (Wildman–Crippen MR) is 107 cm³/mol. The zero-order valence-electron chi connectivity index (χ0n) is 17.1. The number of benzene rings is 2. The molecule has 0 bridgehead atoms. The van der Waals surface area contributed by atoms with Crippen molar-refractivity contribution in [1.82, 2.24) is 14.3 Å². The van der Waals surface area contributed by atoms with Crippen LogP contribution in [-0.2, 0) is 11.3 Å². The summed E-state index contributed by atoms with van der Waals surface area (Å²) in [4.78, 5) is 36.9. The van der Waals surface area contributed by atoms with Crippen molar-refractivity contribution in [1.29, 1.82) is 0 Å². The Kier molecular flexibility index (Phi) is 6.32. The second-order valence-corrected chi connectivity index (χ2v) is 6.50. The fraction of sp³-hybridized carbons (Fsp3) is 0.200. The van der Waals surface area contributed by atoms with Gasteiger partial charge in [0.1, 0.15) is 11.5 Å². The highest BCUT2D eigenvalue weighted by Gasteiger charge is 2.21. The minimum atomic E-state index is -1.13. The number of amides is 1. The van der Waals surface area contributed by atoms with Crippen molar-refractivity contribution in [3.8, 4) is 17.3 Å². The number of rotatable bonds is 6. The average Bonchev–Trinajstić information content (AvgIpc) is 2.74. The van der Waals surface area contributed by atoms with Gasteiger partial charge in [0.2, 0.25) is 5.91 Å². The Hall–Kier alpha value is -4.09. The van der Waals surface area contributed by atoms with E-state index in [1.165, 1.54) is 13.0 Å². The smallest absolute Gasteiger partial charge is 0.352 e. The Bertz CT molecular complexity index is 1320. The highest BCUT2D eigenvalue weighted by Crippen LogP contribution is 2.24. The summed E-state index contributed by atoms with van der Waals surface area (Å²) in [6.07, 6.45) is 0. The number of nitrogens with zero attached hydrogens (tertiary/aromatic N) is 3. The van der Waals surface area contributed by atoms with E-state index < -0.39 is 58.5 Å². The maximum absolute atomic E-state index is 14.6. The number of anilines is 1. The molecule has 0 saturated carbocycles. The number of carbonyl (C=O) groups is 1. The number of hydrogen-bond donors (Lipinski definition) is 1. The maximum Gasteiger partial charge on any atom is 0.352 e. The third kappa shape index (κ3) is 4.19. The Morgan fingerprint density at radius 1 is 1.06 bits per heavy atom. The van der Waals surface area contributed by atoms with Gasteiger partial charge in [0.15, 0.2) is 17.4 Å². The quantitative estimate of drug-likeness (QED) is 0.615. The Morgan fingerprint density at radius 3 is 2.38 bits per heavy atom. The van der Waals surface area contributed by atoms with Crippen LogP contribution in [0.4, 0.5) is 18.9 Å². The molecule has 0 aliphatic rings. The Morgan fingerprint density at radius 2 is 1.75 bits per heavy atom. The zero-order chi connectivity index (χ0) is 23.6. The molecular weight excluding hydrogens is 433 g/mol. The van der Waals surface area contributed by atoms with Crippen LogP contribution in [0, 0.1) is 17.5 Å². The normalized spacial score (nSPS) is 10.7. The van der Waals surface area contributed by atoms with E-state index in [0.29, 0.717) is 9.25 Å². The molecule has 1 N–H and O–H groups in total. The predicted octanol–water partition coefficient (Wildman–Crippen LogP) is 1.84. The molecule has 1 heterocycles. The molecule has 0 atom stereocenters. The fourth-order valence-electron chi connectivity index (χ4n) is 2.93. The van der Waals surface area contributed by atoms with Gasteiger partial charge in [0, 0.05) is 18.2 Å². The lowest BCUT2D eigenvalue weighted by molar-refractivity contribution is -0.114. The van der Waals surface area contributed by atoms with Crippen molar-refractivity contribution < 1.29 is 27.4 Å². The molecule has 0 aliphatic heterocycles. The van der Waals surface area contributed by atoms with Crippen LogP contribution >= 0.6 is 0 Å². The molecule has 1 amide bonds. The van der Waals surface area contributed by atoms with Gasteiger partial charge in [0.05, 0.1) is 20.8 Å². The maximum atomic E-state index is 14.6. The standard InChI is InChI=1S/C20H17F3N4O5/c1-10(28)24-12-5-7-13(21)15(8-12)27-20(30)26(19(29)18(25-27)32-3)9-11-4-6-14(22)17(31-2)16(11)23/h4-8H,9H2,1-3H3,(H,24,28). The minimum absolute atomic E-state index is 0.161. The van der Waals surface area contributed by atoms with Crippen LogP contribution in [0.2, 0.25) is 0 Å². The molecule has 1 aromatic heterocycles. The first-order valence-electron chi connectivity index (χ1n) is 9.04. The largest absolute Gasteiger partial charge is 0.491 e. The summed E-state index contributed by atoms with van der Waals surface area (Å²) < 4.78 is 53.5. The lowest BCUT2D eigenvalue weighted by Gasteiger charge is -2.14. The van der Waals surface area contributed by atoms with E-state index in [-0.39, 0.29) is 11.3 Å². The molecule has 12 heteroatoms. The summed E-state index contributed by atoms with van der Waals surface area (Å²) in [5, 5.41) is 6.17. The first-order valence-corrected chi connectivity index (χ1v) is 9.04. The summed E-state index contributed by atoms with van der Waals surface area (Å²) >= 11 is 0. The van der Waals surface area contributed by atoms with Crippen LogP contribution in [0.25, 0.3) is 5.69 Å². The lowest BCUT2D eigenvalue weighted by atomic mass is 10.2. The fourth-order valence-corrected chi connectivity index (χ4v) is 2.93. The van der Waals surface area contributed by atoms with Crippen LogP contribution in [0.3, 0.4) is 0 Å². The van der Waals surface area contributed by atoms with E-state index in [4.69, 9.17) is 4.74 Å². The summed E-state index contributed by atoms with van der Waals surface area (Å²) in [7, 11) is 2.17. The van der Waals surface area contributed by atoms with E-state index in [1.807, 2.05) is 0 Å². The average molecular weight is 450 g/mol. The summed E-state index contributed by atoms with van der Waals surface area (Å²) in [6.45, 7) is 0.591. The van der Waals surface area contributed by atoms with Gasteiger partial charge in [-0.2, -0.15) is 4.68 Å². The van der Waals surface area contributed by atoms with E-state index >= 15 is 0 Å². The molecule has 3 aromatic rings. The van der Waals surface area contributed by atoms with Crippen molar-refractivity contribution in [2.75, 3.05) is 19.5 Å². The van der Waals surface area contributed by atoms with Gasteiger partial charge >= 0.3 is 11.2 Å². The molecule has 3 rings (SSSR count). The molecule has 9 nitrogen and oxygen atoms in total. The summed E-state index contributed by atoms with van der Waals surface area (Å²) in [6, 6.07) is 5.32. The molecule has 168 valence electrons. The Balaban J connectivity index is 2.22. The van der Waals surface area contributed by atoms with Crippen molar-refractivity contribution >= 4 is 11.6 Å². The monoisotopic (exact) mass is 450 g/mol. The first kappa shape index (κ1) is 22.6. The van der Waals surface area contributed by atoms with Crippen LogP contribution in [-0.4, -0.2) is 34.5 Å². The van der Waals surface area contributed by atoms with E-state index in [2.05, 4.69) is 15.2 Å². The number of carbonyl (C=O) groups excluding carboxylic acids is 1. The van der Waals surface area contributed by atoms with Crippen molar-refractivity contribution in [2.45, 2.75) is 13.5 Å². The summed E-state index contributed by atoms with van der Waals surface area (Å²) in [5.74, 6) is -4.68. The number of hydrogen-bond acceptors (Lipinski definition) is 6. The third-order valence-corrected chi connectivity index (χ3v) is 4.38. The summed E-state index contributed by atoms with van der Waals surface area (Å²) in [5.41, 5.74) is -2.62.